The predicted octanol–water partition coefficient (Wildman–Crippen LogP) is 3.78. The Morgan fingerprint density at radius 3 is 1.61 bits per heavy atom. The number of hydrogen-bond acceptors (Lipinski definition) is 4. The molecular weight excluding hydrogens is 483 g/mol. The molecule has 0 saturated carbocycles. The van der Waals surface area contributed by atoms with Gasteiger partial charge in [0.25, 0.3) is 0 Å². The minimum atomic E-state index is -1.78. The van der Waals surface area contributed by atoms with E-state index in [2.05, 4.69) is 9.97 Å². The zero-order valence-corrected chi connectivity index (χ0v) is 16.0. The van der Waals surface area contributed by atoms with Crippen LogP contribution in [0.4, 0.5) is 0 Å². The summed E-state index contributed by atoms with van der Waals surface area (Å²) < 4.78 is 11.9. The van der Waals surface area contributed by atoms with Crippen LogP contribution in [-0.2, 0) is 0 Å². The first-order valence-electron chi connectivity index (χ1n) is 7.18. The molecule has 0 spiro atoms. The zero-order chi connectivity index (χ0) is 15.5. The number of hydrogen-bond donors (Lipinski definition) is 0. The molecule has 0 atom stereocenters. The summed E-state index contributed by atoms with van der Waals surface area (Å²) in [4.78, 5) is 8.79. The van der Waals surface area contributed by atoms with Gasteiger partial charge in [-0.3, -0.25) is 0 Å². The molecule has 23 heavy (non-hydrogen) atoms. The van der Waals surface area contributed by atoms with Crippen molar-refractivity contribution >= 4 is 46.9 Å². The topological polar surface area (TPSA) is 44.2 Å². The third-order valence-corrected chi connectivity index (χ3v) is 5.85. The van der Waals surface area contributed by atoms with Gasteiger partial charge >= 0.3 is 147 Å². The van der Waals surface area contributed by atoms with Gasteiger partial charge < -0.3 is 0 Å². The van der Waals surface area contributed by atoms with Crippen LogP contribution in [-0.4, -0.2) is 35.1 Å². The maximum atomic E-state index is 5.95. The summed E-state index contributed by atoms with van der Waals surface area (Å²) in [6.07, 6.45) is 3.55. The van der Waals surface area contributed by atoms with Crippen molar-refractivity contribution in [3.05, 3.63) is 73.1 Å². The van der Waals surface area contributed by atoms with Crippen molar-refractivity contribution in [2.75, 3.05) is 0 Å². The van der Waals surface area contributed by atoms with Crippen molar-refractivity contribution in [3.8, 4) is 11.5 Å². The molecule has 0 bridgehead atoms. The third-order valence-electron chi connectivity index (χ3n) is 3.49. The van der Waals surface area contributed by atoms with Gasteiger partial charge in [0, 0.05) is 0 Å². The molecule has 2 radical (unpaired) electrons. The Morgan fingerprint density at radius 2 is 1.09 bits per heavy atom. The molecule has 0 saturated heterocycles. The molecule has 0 fully saturated rings. The standard InChI is InChI=1S/2C9H7NO.Pb/c2*11-8-5-1-3-7-4-2-6-10-9(7)8;/h2*1-6,11H;/q;;+2/p-2. The van der Waals surface area contributed by atoms with Crippen LogP contribution >= 0.6 is 0 Å². The van der Waals surface area contributed by atoms with Crippen molar-refractivity contribution in [2.45, 2.75) is 0 Å². The number of fused-ring (bicyclic) bond motifs is 2. The number of para-hydroxylation sites is 2. The van der Waals surface area contributed by atoms with E-state index in [9.17, 15) is 0 Å². The molecule has 0 unspecified atom stereocenters. The van der Waals surface area contributed by atoms with E-state index in [0.717, 1.165) is 33.3 Å². The third kappa shape index (κ3) is 2.98. The van der Waals surface area contributed by atoms with Crippen LogP contribution in [0.2, 0.25) is 0 Å². The van der Waals surface area contributed by atoms with E-state index in [4.69, 9.17) is 5.37 Å². The van der Waals surface area contributed by atoms with Crippen molar-refractivity contribution in [3.63, 3.8) is 0 Å². The summed E-state index contributed by atoms with van der Waals surface area (Å²) in [5, 5.41) is 2.14. The van der Waals surface area contributed by atoms with E-state index in [1.165, 1.54) is 0 Å². The Kier molecular flexibility index (Phi) is 4.06. The zero-order valence-electron chi connectivity index (χ0n) is 12.1. The van der Waals surface area contributed by atoms with Gasteiger partial charge in [0.2, 0.25) is 0 Å². The molecule has 0 aliphatic heterocycles. The minimum absolute atomic E-state index is 0.791. The maximum absolute atomic E-state index is 5.95. The molecule has 4 rings (SSSR count). The van der Waals surface area contributed by atoms with E-state index in [1.807, 2.05) is 60.7 Å². The number of aromatic nitrogens is 2. The Hall–Kier alpha value is -2.22. The van der Waals surface area contributed by atoms with E-state index < -0.39 is 25.1 Å². The van der Waals surface area contributed by atoms with Crippen LogP contribution in [0.25, 0.3) is 21.8 Å². The second-order valence-corrected chi connectivity index (χ2v) is 7.18. The molecule has 0 aliphatic rings. The number of pyridine rings is 2. The van der Waals surface area contributed by atoms with Gasteiger partial charge in [0.1, 0.15) is 0 Å². The fourth-order valence-corrected chi connectivity index (χ4v) is 4.57. The molecule has 5 heteroatoms. The SMILES string of the molecule is c1cnc2c([O][Pb][O]c3cccc4cccnc34)cccc2c1. The van der Waals surface area contributed by atoms with Crippen molar-refractivity contribution in [1.82, 2.24) is 9.97 Å². The molecule has 110 valence electrons. The number of benzene rings is 2. The summed E-state index contributed by atoms with van der Waals surface area (Å²) >= 11 is -1.78. The first kappa shape index (κ1) is 14.4. The molecule has 0 amide bonds. The first-order chi connectivity index (χ1) is 11.4. The molecule has 2 aromatic carbocycles. The average molecular weight is 496 g/mol. The van der Waals surface area contributed by atoms with E-state index in [-0.39, 0.29) is 0 Å². The van der Waals surface area contributed by atoms with Crippen molar-refractivity contribution < 1.29 is 5.37 Å². The fraction of sp³-hybridized carbons (Fsp3) is 0. The van der Waals surface area contributed by atoms with E-state index in [0.29, 0.717) is 0 Å². The molecular formula is C18H12N2O2Pb. The Balaban J connectivity index is 1.55. The number of rotatable bonds is 4. The van der Waals surface area contributed by atoms with E-state index in [1.54, 1.807) is 12.4 Å². The Labute approximate surface area is 146 Å². The van der Waals surface area contributed by atoms with Crippen LogP contribution < -0.4 is 5.37 Å². The Bertz CT molecular complexity index is 885. The summed E-state index contributed by atoms with van der Waals surface area (Å²) in [7, 11) is 0. The van der Waals surface area contributed by atoms with Gasteiger partial charge in [-0.05, 0) is 0 Å². The summed E-state index contributed by atoms with van der Waals surface area (Å²) in [6, 6.07) is 19.8. The first-order valence-corrected chi connectivity index (χ1v) is 10.4. The van der Waals surface area contributed by atoms with Crippen LogP contribution in [0.1, 0.15) is 0 Å². The van der Waals surface area contributed by atoms with Crippen molar-refractivity contribution in [1.29, 1.82) is 0 Å². The Morgan fingerprint density at radius 1 is 0.609 bits per heavy atom. The molecule has 0 aliphatic carbocycles. The second-order valence-electron chi connectivity index (χ2n) is 4.95. The monoisotopic (exact) mass is 496 g/mol. The number of nitrogens with zero attached hydrogens (tertiary/aromatic N) is 2. The van der Waals surface area contributed by atoms with E-state index >= 15 is 0 Å². The van der Waals surface area contributed by atoms with Crippen LogP contribution in [0, 0.1) is 0 Å². The normalized spacial score (nSPS) is 10.8. The summed E-state index contributed by atoms with van der Waals surface area (Å²) in [5.74, 6) is 1.58. The second kappa shape index (κ2) is 6.49. The van der Waals surface area contributed by atoms with Gasteiger partial charge in [0.15, 0.2) is 0 Å². The average Bonchev–Trinajstić information content (AvgIpc) is 2.62. The van der Waals surface area contributed by atoms with Crippen LogP contribution in [0.15, 0.2) is 73.1 Å². The summed E-state index contributed by atoms with van der Waals surface area (Å²) in [6.45, 7) is 0. The molecule has 4 nitrogen and oxygen atoms in total. The molecule has 0 N–H and O–H groups in total. The molecule has 2 heterocycles. The van der Waals surface area contributed by atoms with Crippen LogP contribution in [0.3, 0.4) is 0 Å². The van der Waals surface area contributed by atoms with Gasteiger partial charge in [-0.2, -0.15) is 0 Å². The summed E-state index contributed by atoms with van der Waals surface area (Å²) in [5.41, 5.74) is 1.75. The van der Waals surface area contributed by atoms with Gasteiger partial charge in [-0.25, -0.2) is 0 Å². The van der Waals surface area contributed by atoms with Gasteiger partial charge in [-0.1, -0.05) is 0 Å². The fourth-order valence-electron chi connectivity index (χ4n) is 2.43. The van der Waals surface area contributed by atoms with Gasteiger partial charge in [0.05, 0.1) is 0 Å². The predicted molar refractivity (Wildman–Crippen MR) is 90.5 cm³/mol. The molecule has 2 aromatic heterocycles. The van der Waals surface area contributed by atoms with Crippen molar-refractivity contribution in [2.24, 2.45) is 0 Å². The van der Waals surface area contributed by atoms with Gasteiger partial charge in [-0.15, -0.1) is 0 Å². The van der Waals surface area contributed by atoms with Crippen LogP contribution in [0.5, 0.6) is 11.5 Å². The quantitative estimate of drug-likeness (QED) is 0.405. The molecule has 4 aromatic rings.